The van der Waals surface area contributed by atoms with Crippen LogP contribution in [0.15, 0.2) is 65.8 Å². The van der Waals surface area contributed by atoms with Gasteiger partial charge < -0.3 is 4.74 Å². The van der Waals surface area contributed by atoms with E-state index in [-0.39, 0.29) is 12.5 Å². The van der Waals surface area contributed by atoms with Gasteiger partial charge in [-0.1, -0.05) is 60.1 Å². The van der Waals surface area contributed by atoms with E-state index < -0.39 is 0 Å². The summed E-state index contributed by atoms with van der Waals surface area (Å²) >= 11 is 5.92. The maximum Gasteiger partial charge on any atom is 0.277 e. The fourth-order valence-electron chi connectivity index (χ4n) is 1.61. The van der Waals surface area contributed by atoms with E-state index >= 15 is 0 Å². The van der Waals surface area contributed by atoms with E-state index in [1.165, 1.54) is 6.21 Å². The number of nitrogens with zero attached hydrogens (tertiary/aromatic N) is 1. The fraction of sp³-hybridized carbons (Fsp3) is 0.0588. The summed E-state index contributed by atoms with van der Waals surface area (Å²) in [6, 6.07) is 16.8. The Bertz CT molecular complexity index is 669. The third kappa shape index (κ3) is 5.42. The minimum absolute atomic E-state index is 0.149. The summed E-state index contributed by atoms with van der Waals surface area (Å²) in [4.78, 5) is 11.5. The highest BCUT2D eigenvalue weighted by Gasteiger charge is 2.03. The van der Waals surface area contributed by atoms with Crippen LogP contribution in [0.25, 0.3) is 6.08 Å². The van der Waals surface area contributed by atoms with E-state index in [1.807, 2.05) is 36.4 Å². The van der Waals surface area contributed by atoms with Gasteiger partial charge in [0, 0.05) is 6.21 Å². The summed E-state index contributed by atoms with van der Waals surface area (Å²) in [6.45, 7) is -0.149. The van der Waals surface area contributed by atoms with Gasteiger partial charge >= 0.3 is 0 Å². The highest BCUT2D eigenvalue weighted by molar-refractivity contribution is 6.32. The zero-order chi connectivity index (χ0) is 15.6. The van der Waals surface area contributed by atoms with Crippen molar-refractivity contribution >= 4 is 29.8 Å². The summed E-state index contributed by atoms with van der Waals surface area (Å²) in [6.07, 6.45) is 5.13. The lowest BCUT2D eigenvalue weighted by atomic mass is 10.2. The van der Waals surface area contributed by atoms with E-state index in [2.05, 4.69) is 10.5 Å². The Morgan fingerprint density at radius 2 is 1.86 bits per heavy atom. The summed E-state index contributed by atoms with van der Waals surface area (Å²) in [5.74, 6) is 0.108. The summed E-state index contributed by atoms with van der Waals surface area (Å²) in [5.41, 5.74) is 3.43. The Labute approximate surface area is 134 Å². The Morgan fingerprint density at radius 3 is 2.64 bits per heavy atom. The number of carbonyl (C=O) groups excluding carboxylic acids is 1. The SMILES string of the molecule is O=C(COc1ccccc1Cl)NN=CC=Cc1ccccc1. The molecule has 0 atom stereocenters. The first-order valence-corrected chi connectivity index (χ1v) is 7.04. The molecule has 112 valence electrons. The van der Waals surface area contributed by atoms with Crippen LogP contribution in [0.2, 0.25) is 5.02 Å². The van der Waals surface area contributed by atoms with Crippen LogP contribution in [0.5, 0.6) is 5.75 Å². The first-order valence-electron chi connectivity index (χ1n) is 6.66. The molecule has 0 saturated heterocycles. The van der Waals surface area contributed by atoms with Crippen LogP contribution in [0.3, 0.4) is 0 Å². The van der Waals surface area contributed by atoms with Gasteiger partial charge in [-0.25, -0.2) is 5.43 Å². The Kier molecular flexibility index (Phi) is 6.20. The van der Waals surface area contributed by atoms with Gasteiger partial charge in [0.2, 0.25) is 0 Å². The van der Waals surface area contributed by atoms with Crippen molar-refractivity contribution in [1.29, 1.82) is 0 Å². The van der Waals surface area contributed by atoms with Gasteiger partial charge in [-0.2, -0.15) is 5.10 Å². The number of para-hydroxylation sites is 1. The highest BCUT2D eigenvalue weighted by Crippen LogP contribution is 2.22. The van der Waals surface area contributed by atoms with Crippen molar-refractivity contribution in [3.8, 4) is 5.75 Å². The van der Waals surface area contributed by atoms with Gasteiger partial charge in [0.05, 0.1) is 5.02 Å². The second-order valence-electron chi connectivity index (χ2n) is 4.30. The van der Waals surface area contributed by atoms with Crippen molar-refractivity contribution in [3.05, 3.63) is 71.3 Å². The minimum Gasteiger partial charge on any atom is -0.482 e. The van der Waals surface area contributed by atoms with Gasteiger partial charge in [0.1, 0.15) is 5.75 Å². The molecular formula is C17H15ClN2O2. The average Bonchev–Trinajstić information content (AvgIpc) is 2.55. The molecule has 0 fully saturated rings. The lowest BCUT2D eigenvalue weighted by Gasteiger charge is -2.05. The second kappa shape index (κ2) is 8.64. The second-order valence-corrected chi connectivity index (χ2v) is 4.71. The molecule has 2 rings (SSSR count). The molecule has 0 bridgehead atoms. The number of benzene rings is 2. The van der Waals surface area contributed by atoms with Crippen molar-refractivity contribution in [3.63, 3.8) is 0 Å². The standard InChI is InChI=1S/C17H15ClN2O2/c18-15-10-4-5-11-16(15)22-13-17(21)20-19-12-6-9-14-7-2-1-3-8-14/h1-12H,13H2,(H,20,21). The zero-order valence-electron chi connectivity index (χ0n) is 11.8. The predicted octanol–water partition coefficient (Wildman–Crippen LogP) is 3.53. The van der Waals surface area contributed by atoms with Crippen LogP contribution in [0.4, 0.5) is 0 Å². The predicted molar refractivity (Wildman–Crippen MR) is 89.1 cm³/mol. The topological polar surface area (TPSA) is 50.7 Å². The van der Waals surface area contributed by atoms with E-state index in [4.69, 9.17) is 16.3 Å². The molecule has 1 N–H and O–H groups in total. The Balaban J connectivity index is 1.73. The third-order valence-corrected chi connectivity index (χ3v) is 2.95. The molecule has 0 heterocycles. The number of hydrogen-bond acceptors (Lipinski definition) is 3. The molecule has 2 aromatic rings. The number of hydrogen-bond donors (Lipinski definition) is 1. The molecule has 5 heteroatoms. The number of hydrazone groups is 1. The monoisotopic (exact) mass is 314 g/mol. The van der Waals surface area contributed by atoms with Crippen molar-refractivity contribution in [1.82, 2.24) is 5.43 Å². The van der Waals surface area contributed by atoms with Crippen LogP contribution >= 0.6 is 11.6 Å². The molecule has 0 aliphatic heterocycles. The van der Waals surface area contributed by atoms with Crippen LogP contribution < -0.4 is 10.2 Å². The lowest BCUT2D eigenvalue weighted by molar-refractivity contribution is -0.123. The maximum absolute atomic E-state index is 11.5. The molecule has 2 aromatic carbocycles. The number of nitrogens with one attached hydrogen (secondary N) is 1. The Hall–Kier alpha value is -2.59. The van der Waals surface area contributed by atoms with Crippen molar-refractivity contribution in [2.45, 2.75) is 0 Å². The molecular weight excluding hydrogens is 300 g/mol. The van der Waals surface area contributed by atoms with Crippen LogP contribution in [-0.4, -0.2) is 18.7 Å². The molecule has 1 amide bonds. The largest absolute Gasteiger partial charge is 0.482 e. The summed E-state index contributed by atoms with van der Waals surface area (Å²) in [7, 11) is 0. The molecule has 0 aliphatic carbocycles. The molecule has 0 aliphatic rings. The van der Waals surface area contributed by atoms with Gasteiger partial charge in [-0.3, -0.25) is 4.79 Å². The van der Waals surface area contributed by atoms with Crippen LogP contribution in [0.1, 0.15) is 5.56 Å². The van der Waals surface area contributed by atoms with Gasteiger partial charge in [0.25, 0.3) is 5.91 Å². The van der Waals surface area contributed by atoms with Gasteiger partial charge in [-0.15, -0.1) is 0 Å². The minimum atomic E-state index is -0.357. The molecule has 0 spiro atoms. The molecule has 0 radical (unpaired) electrons. The Morgan fingerprint density at radius 1 is 1.14 bits per heavy atom. The van der Waals surface area contributed by atoms with Gasteiger partial charge in [-0.05, 0) is 23.8 Å². The molecule has 22 heavy (non-hydrogen) atoms. The van der Waals surface area contributed by atoms with E-state index in [0.717, 1.165) is 5.56 Å². The third-order valence-electron chi connectivity index (χ3n) is 2.63. The summed E-state index contributed by atoms with van der Waals surface area (Å²) < 4.78 is 5.29. The molecule has 4 nitrogen and oxygen atoms in total. The average molecular weight is 315 g/mol. The molecule has 0 aromatic heterocycles. The number of ether oxygens (including phenoxy) is 1. The number of allylic oxidation sites excluding steroid dienone is 1. The van der Waals surface area contributed by atoms with Crippen LogP contribution in [-0.2, 0) is 4.79 Å². The first kappa shape index (κ1) is 15.8. The quantitative estimate of drug-likeness (QED) is 0.655. The van der Waals surface area contributed by atoms with Crippen LogP contribution in [0, 0.1) is 0 Å². The van der Waals surface area contributed by atoms with E-state index in [1.54, 1.807) is 30.3 Å². The normalized spacial score (nSPS) is 11.0. The zero-order valence-corrected chi connectivity index (χ0v) is 12.5. The van der Waals surface area contributed by atoms with E-state index in [0.29, 0.717) is 10.8 Å². The highest BCUT2D eigenvalue weighted by atomic mass is 35.5. The van der Waals surface area contributed by atoms with Crippen molar-refractivity contribution < 1.29 is 9.53 Å². The van der Waals surface area contributed by atoms with E-state index in [9.17, 15) is 4.79 Å². The van der Waals surface area contributed by atoms with Gasteiger partial charge in [0.15, 0.2) is 6.61 Å². The lowest BCUT2D eigenvalue weighted by Crippen LogP contribution is -2.24. The van der Waals surface area contributed by atoms with Crippen molar-refractivity contribution in [2.24, 2.45) is 5.10 Å². The number of halogens is 1. The number of amides is 1. The summed E-state index contributed by atoms with van der Waals surface area (Å²) in [5, 5.41) is 4.26. The molecule has 0 unspecified atom stereocenters. The fourth-order valence-corrected chi connectivity index (χ4v) is 1.80. The smallest absolute Gasteiger partial charge is 0.277 e. The number of rotatable bonds is 6. The molecule has 0 saturated carbocycles. The maximum atomic E-state index is 11.5. The first-order chi connectivity index (χ1) is 10.8. The van der Waals surface area contributed by atoms with Crippen molar-refractivity contribution in [2.75, 3.05) is 6.61 Å². The number of carbonyl (C=O) groups is 1.